The van der Waals surface area contributed by atoms with Gasteiger partial charge in [-0.3, -0.25) is 4.79 Å². The van der Waals surface area contributed by atoms with Crippen LogP contribution in [-0.2, 0) is 4.79 Å². The Labute approximate surface area is 123 Å². The third kappa shape index (κ3) is 4.64. The first-order valence-electron chi connectivity index (χ1n) is 7.62. The van der Waals surface area contributed by atoms with Crippen LogP contribution in [0.4, 0.5) is 0 Å². The zero-order valence-corrected chi connectivity index (χ0v) is 13.0. The summed E-state index contributed by atoms with van der Waals surface area (Å²) in [5.41, 5.74) is 5.96. The smallest absolute Gasteiger partial charge is 0.223 e. The monoisotopic (exact) mass is 288 g/mol. The first-order valence-corrected chi connectivity index (χ1v) is 7.62. The van der Waals surface area contributed by atoms with Crippen molar-refractivity contribution in [3.63, 3.8) is 0 Å². The van der Waals surface area contributed by atoms with Gasteiger partial charge in [-0.2, -0.15) is 0 Å². The van der Waals surface area contributed by atoms with E-state index in [0.29, 0.717) is 12.0 Å². The Hall–Kier alpha value is -0.280. The van der Waals surface area contributed by atoms with Crippen LogP contribution in [0.1, 0.15) is 58.8 Å². The molecule has 3 nitrogen and oxygen atoms in total. The lowest BCUT2D eigenvalue weighted by Gasteiger charge is -2.35. The minimum absolute atomic E-state index is 0. The van der Waals surface area contributed by atoms with E-state index in [-0.39, 0.29) is 30.3 Å². The summed E-state index contributed by atoms with van der Waals surface area (Å²) in [5, 5.41) is 3.28. The minimum atomic E-state index is 0. The first-order chi connectivity index (χ1) is 8.56. The second-order valence-electron chi connectivity index (χ2n) is 6.63. The summed E-state index contributed by atoms with van der Waals surface area (Å²) in [6.45, 7) is 4.59. The summed E-state index contributed by atoms with van der Waals surface area (Å²) in [7, 11) is 0. The predicted octanol–water partition coefficient (Wildman–Crippen LogP) is 2.87. The van der Waals surface area contributed by atoms with Crippen molar-refractivity contribution >= 4 is 18.3 Å². The van der Waals surface area contributed by atoms with Crippen LogP contribution in [0.3, 0.4) is 0 Å². The van der Waals surface area contributed by atoms with Gasteiger partial charge in [-0.05, 0) is 50.4 Å². The maximum absolute atomic E-state index is 12.3. The van der Waals surface area contributed by atoms with Crippen molar-refractivity contribution in [2.45, 2.75) is 70.9 Å². The molecule has 0 radical (unpaired) electrons. The molecule has 0 saturated heterocycles. The lowest BCUT2D eigenvalue weighted by molar-refractivity contribution is -0.127. The van der Waals surface area contributed by atoms with Crippen LogP contribution in [0.15, 0.2) is 0 Å². The zero-order valence-electron chi connectivity index (χ0n) is 12.2. The molecular formula is C15H29ClN2O. The fourth-order valence-corrected chi connectivity index (χ4v) is 3.65. The quantitative estimate of drug-likeness (QED) is 0.821. The highest BCUT2D eigenvalue weighted by Gasteiger charge is 2.30. The summed E-state index contributed by atoms with van der Waals surface area (Å²) >= 11 is 0. The van der Waals surface area contributed by atoms with E-state index in [1.807, 2.05) is 0 Å². The van der Waals surface area contributed by atoms with Crippen molar-refractivity contribution in [2.24, 2.45) is 23.5 Å². The van der Waals surface area contributed by atoms with E-state index >= 15 is 0 Å². The van der Waals surface area contributed by atoms with E-state index in [1.54, 1.807) is 0 Å². The second-order valence-corrected chi connectivity index (χ2v) is 6.63. The van der Waals surface area contributed by atoms with Crippen molar-refractivity contribution in [3.05, 3.63) is 0 Å². The molecule has 0 spiro atoms. The lowest BCUT2D eigenvalue weighted by atomic mass is 9.79. The lowest BCUT2D eigenvalue weighted by Crippen LogP contribution is -2.46. The molecule has 112 valence electrons. The Morgan fingerprint density at radius 2 is 1.84 bits per heavy atom. The average Bonchev–Trinajstić information content (AvgIpc) is 2.32. The molecule has 0 heterocycles. The molecule has 2 fully saturated rings. The van der Waals surface area contributed by atoms with Crippen molar-refractivity contribution in [1.82, 2.24) is 5.32 Å². The molecule has 5 atom stereocenters. The molecular weight excluding hydrogens is 260 g/mol. The number of rotatable bonds is 2. The Morgan fingerprint density at radius 1 is 1.11 bits per heavy atom. The van der Waals surface area contributed by atoms with Gasteiger partial charge in [0.1, 0.15) is 0 Å². The maximum atomic E-state index is 12.3. The van der Waals surface area contributed by atoms with Gasteiger partial charge >= 0.3 is 0 Å². The predicted molar refractivity (Wildman–Crippen MR) is 81.3 cm³/mol. The number of carbonyl (C=O) groups is 1. The fraction of sp³-hybridized carbons (Fsp3) is 0.933. The van der Waals surface area contributed by atoms with Crippen molar-refractivity contribution in [2.75, 3.05) is 0 Å². The molecule has 0 aliphatic heterocycles. The molecule has 2 aliphatic carbocycles. The number of nitrogens with two attached hydrogens (primary N) is 1. The standard InChI is InChI=1S/C15H28N2O.ClH/c1-10-6-7-14(11(2)8-10)17-15(18)12-4-3-5-13(16)9-12;/h10-14H,3-9,16H2,1-2H3,(H,17,18);1H. The molecule has 0 aromatic heterocycles. The summed E-state index contributed by atoms with van der Waals surface area (Å²) in [4.78, 5) is 12.3. The molecule has 0 aromatic carbocycles. The summed E-state index contributed by atoms with van der Waals surface area (Å²) in [5.74, 6) is 1.86. The Kier molecular flexibility index (Phi) is 6.61. The molecule has 2 aliphatic rings. The number of halogens is 1. The topological polar surface area (TPSA) is 55.1 Å². The molecule has 2 rings (SSSR count). The maximum Gasteiger partial charge on any atom is 0.223 e. The number of nitrogens with one attached hydrogen (secondary N) is 1. The van der Waals surface area contributed by atoms with Crippen LogP contribution >= 0.6 is 12.4 Å². The van der Waals surface area contributed by atoms with Gasteiger partial charge in [0.25, 0.3) is 0 Å². The largest absolute Gasteiger partial charge is 0.353 e. The average molecular weight is 289 g/mol. The van der Waals surface area contributed by atoms with Crippen molar-refractivity contribution < 1.29 is 4.79 Å². The highest BCUT2D eigenvalue weighted by atomic mass is 35.5. The normalized spacial score (nSPS) is 39.2. The van der Waals surface area contributed by atoms with Gasteiger partial charge in [0.15, 0.2) is 0 Å². The molecule has 0 bridgehead atoms. The van der Waals surface area contributed by atoms with Crippen molar-refractivity contribution in [1.29, 1.82) is 0 Å². The molecule has 3 N–H and O–H groups in total. The minimum Gasteiger partial charge on any atom is -0.353 e. The first kappa shape index (κ1) is 16.8. The molecule has 5 unspecified atom stereocenters. The van der Waals surface area contributed by atoms with Crippen LogP contribution in [0.2, 0.25) is 0 Å². The van der Waals surface area contributed by atoms with Crippen LogP contribution in [0, 0.1) is 17.8 Å². The molecule has 19 heavy (non-hydrogen) atoms. The van der Waals surface area contributed by atoms with Gasteiger partial charge in [-0.15, -0.1) is 12.4 Å². The Balaban J connectivity index is 0.00000180. The summed E-state index contributed by atoms with van der Waals surface area (Å²) < 4.78 is 0. The van der Waals surface area contributed by atoms with Crippen LogP contribution in [0.25, 0.3) is 0 Å². The number of amides is 1. The van der Waals surface area contributed by atoms with Crippen LogP contribution in [-0.4, -0.2) is 18.0 Å². The van der Waals surface area contributed by atoms with E-state index in [9.17, 15) is 4.79 Å². The SMILES string of the molecule is CC1CCC(NC(=O)C2CCCC(N)C2)C(C)C1.Cl. The highest BCUT2D eigenvalue weighted by molar-refractivity contribution is 5.85. The van der Waals surface area contributed by atoms with Gasteiger partial charge < -0.3 is 11.1 Å². The van der Waals surface area contributed by atoms with Gasteiger partial charge in [0.05, 0.1) is 0 Å². The third-order valence-electron chi connectivity index (χ3n) is 4.84. The van der Waals surface area contributed by atoms with E-state index in [0.717, 1.165) is 38.0 Å². The third-order valence-corrected chi connectivity index (χ3v) is 4.84. The van der Waals surface area contributed by atoms with Gasteiger partial charge in [-0.1, -0.05) is 20.3 Å². The van der Waals surface area contributed by atoms with E-state index in [4.69, 9.17) is 5.73 Å². The Morgan fingerprint density at radius 3 is 2.47 bits per heavy atom. The second kappa shape index (κ2) is 7.49. The molecule has 1 amide bonds. The van der Waals surface area contributed by atoms with Gasteiger partial charge in [0.2, 0.25) is 5.91 Å². The van der Waals surface area contributed by atoms with E-state index in [1.165, 1.54) is 12.8 Å². The molecule has 0 aromatic rings. The summed E-state index contributed by atoms with van der Waals surface area (Å²) in [6, 6.07) is 0.630. The van der Waals surface area contributed by atoms with Gasteiger partial charge in [0, 0.05) is 18.0 Å². The van der Waals surface area contributed by atoms with Crippen molar-refractivity contribution in [3.8, 4) is 0 Å². The number of hydrogen-bond acceptors (Lipinski definition) is 2. The molecule has 4 heteroatoms. The Bertz CT molecular complexity index is 298. The van der Waals surface area contributed by atoms with Crippen LogP contribution in [0.5, 0.6) is 0 Å². The number of hydrogen-bond donors (Lipinski definition) is 2. The van der Waals surface area contributed by atoms with E-state index < -0.39 is 0 Å². The molecule has 2 saturated carbocycles. The van der Waals surface area contributed by atoms with Crippen LogP contribution < -0.4 is 11.1 Å². The summed E-state index contributed by atoms with van der Waals surface area (Å²) in [6.07, 6.45) is 7.74. The number of carbonyl (C=O) groups excluding carboxylic acids is 1. The fourth-order valence-electron chi connectivity index (χ4n) is 3.65. The highest BCUT2D eigenvalue weighted by Crippen LogP contribution is 2.30. The van der Waals surface area contributed by atoms with E-state index in [2.05, 4.69) is 19.2 Å². The zero-order chi connectivity index (χ0) is 13.1. The van der Waals surface area contributed by atoms with Gasteiger partial charge in [-0.25, -0.2) is 0 Å².